The van der Waals surface area contributed by atoms with Gasteiger partial charge >= 0.3 is 0 Å². The number of rotatable bonds is 7. The van der Waals surface area contributed by atoms with Gasteiger partial charge in [0.15, 0.2) is 0 Å². The molecule has 1 amide bonds. The molecule has 0 aromatic rings. The maximum absolute atomic E-state index is 11.4. The van der Waals surface area contributed by atoms with Gasteiger partial charge in [-0.15, -0.1) is 0 Å². The summed E-state index contributed by atoms with van der Waals surface area (Å²) in [5, 5.41) is 9.21. The van der Waals surface area contributed by atoms with Crippen molar-refractivity contribution < 1.29 is 9.53 Å². The number of carbonyl (C=O) groups is 1. The molecule has 3 N–H and O–H groups in total. The monoisotopic (exact) mass is 259 g/mol. The maximum atomic E-state index is 11.4. The van der Waals surface area contributed by atoms with Gasteiger partial charge in [0, 0.05) is 17.6 Å². The van der Waals surface area contributed by atoms with Crippen molar-refractivity contribution in [2.24, 2.45) is 0 Å². The fourth-order valence-electron chi connectivity index (χ4n) is 1.12. The second-order valence-corrected chi connectivity index (χ2v) is 6.43. The van der Waals surface area contributed by atoms with Crippen molar-refractivity contribution in [2.45, 2.75) is 52.6 Å². The second-order valence-electron chi connectivity index (χ2n) is 6.43. The molecular weight excluding hydrogens is 230 g/mol. The van der Waals surface area contributed by atoms with Crippen LogP contribution in [0, 0.1) is 0 Å². The average molecular weight is 259 g/mol. The van der Waals surface area contributed by atoms with E-state index < -0.39 is 0 Å². The Labute approximate surface area is 111 Å². The van der Waals surface area contributed by atoms with Gasteiger partial charge in [0.2, 0.25) is 5.91 Å². The molecule has 0 saturated carbocycles. The Hall–Kier alpha value is -0.650. The zero-order valence-corrected chi connectivity index (χ0v) is 12.6. The molecule has 0 aliphatic rings. The molecule has 0 unspecified atom stereocenters. The Morgan fingerprint density at radius 2 is 1.56 bits per heavy atom. The van der Waals surface area contributed by atoms with Crippen molar-refractivity contribution in [3.8, 4) is 0 Å². The number of ether oxygens (including phenoxy) is 1. The van der Waals surface area contributed by atoms with Gasteiger partial charge in [-0.05, 0) is 41.5 Å². The molecule has 0 heterocycles. The molecule has 0 saturated heterocycles. The van der Waals surface area contributed by atoms with Crippen LogP contribution in [-0.4, -0.2) is 43.4 Å². The summed E-state index contributed by atoms with van der Waals surface area (Å²) in [7, 11) is 0. The van der Waals surface area contributed by atoms with Crippen molar-refractivity contribution in [1.82, 2.24) is 16.0 Å². The molecule has 5 nitrogen and oxygen atoms in total. The lowest BCUT2D eigenvalue weighted by Gasteiger charge is -2.21. The third-order valence-corrected chi connectivity index (χ3v) is 2.04. The van der Waals surface area contributed by atoms with E-state index in [-0.39, 0.29) is 23.6 Å². The van der Waals surface area contributed by atoms with Gasteiger partial charge < -0.3 is 15.4 Å². The Balaban J connectivity index is 3.44. The Morgan fingerprint density at radius 1 is 1.00 bits per heavy atom. The van der Waals surface area contributed by atoms with Gasteiger partial charge in [-0.1, -0.05) is 0 Å². The van der Waals surface area contributed by atoms with E-state index >= 15 is 0 Å². The predicted molar refractivity (Wildman–Crippen MR) is 74.5 cm³/mol. The zero-order valence-electron chi connectivity index (χ0n) is 12.6. The first kappa shape index (κ1) is 17.4. The summed E-state index contributed by atoms with van der Waals surface area (Å²) < 4.78 is 5.27. The van der Waals surface area contributed by atoms with Crippen LogP contribution in [0.5, 0.6) is 0 Å². The van der Waals surface area contributed by atoms with Gasteiger partial charge in [-0.2, -0.15) is 0 Å². The molecule has 0 radical (unpaired) electrons. The molecule has 108 valence electrons. The van der Waals surface area contributed by atoms with Crippen LogP contribution < -0.4 is 16.0 Å². The standard InChI is InChI=1S/C13H29N3O2/c1-12(2,3)15-7-8-18-9-11(17)14-10-16-13(4,5)6/h15-16H,7-10H2,1-6H3,(H,14,17). The van der Waals surface area contributed by atoms with Crippen molar-refractivity contribution >= 4 is 5.91 Å². The van der Waals surface area contributed by atoms with E-state index in [4.69, 9.17) is 4.74 Å². The lowest BCUT2D eigenvalue weighted by molar-refractivity contribution is -0.125. The van der Waals surface area contributed by atoms with Crippen LogP contribution >= 0.6 is 0 Å². The van der Waals surface area contributed by atoms with E-state index in [1.54, 1.807) is 0 Å². The molecule has 0 fully saturated rings. The van der Waals surface area contributed by atoms with E-state index in [1.165, 1.54) is 0 Å². The Morgan fingerprint density at radius 3 is 2.06 bits per heavy atom. The molecule has 0 aromatic heterocycles. The predicted octanol–water partition coefficient (Wildman–Crippen LogP) is 0.853. The smallest absolute Gasteiger partial charge is 0.246 e. The van der Waals surface area contributed by atoms with E-state index in [9.17, 15) is 4.79 Å². The zero-order chi connectivity index (χ0) is 14.2. The molecule has 0 aliphatic heterocycles. The van der Waals surface area contributed by atoms with Gasteiger partial charge in [-0.25, -0.2) is 0 Å². The van der Waals surface area contributed by atoms with Crippen molar-refractivity contribution in [3.63, 3.8) is 0 Å². The van der Waals surface area contributed by atoms with Crippen molar-refractivity contribution in [1.29, 1.82) is 0 Å². The highest BCUT2D eigenvalue weighted by Gasteiger charge is 2.09. The topological polar surface area (TPSA) is 62.4 Å². The summed E-state index contributed by atoms with van der Waals surface area (Å²) in [6.07, 6.45) is 0. The Kier molecular flexibility index (Phi) is 7.43. The fraction of sp³-hybridized carbons (Fsp3) is 0.923. The normalized spacial score (nSPS) is 12.6. The first-order chi connectivity index (χ1) is 8.10. The van der Waals surface area contributed by atoms with Gasteiger partial charge in [0.25, 0.3) is 0 Å². The SMILES string of the molecule is CC(C)(C)NCCOCC(=O)NCNC(C)(C)C. The van der Waals surface area contributed by atoms with E-state index in [0.717, 1.165) is 6.54 Å². The summed E-state index contributed by atoms with van der Waals surface area (Å²) in [5.74, 6) is -0.0949. The second kappa shape index (κ2) is 7.71. The van der Waals surface area contributed by atoms with Crippen LogP contribution in [0.25, 0.3) is 0 Å². The van der Waals surface area contributed by atoms with Crippen LogP contribution in [0.3, 0.4) is 0 Å². The summed E-state index contributed by atoms with van der Waals surface area (Å²) in [5.41, 5.74) is 0.0903. The fourth-order valence-corrected chi connectivity index (χ4v) is 1.12. The molecule has 0 spiro atoms. The maximum Gasteiger partial charge on any atom is 0.246 e. The third-order valence-electron chi connectivity index (χ3n) is 2.04. The van der Waals surface area contributed by atoms with Gasteiger partial charge in [0.1, 0.15) is 6.61 Å². The Bertz CT molecular complexity index is 242. The quantitative estimate of drug-likeness (QED) is 0.468. The van der Waals surface area contributed by atoms with Crippen molar-refractivity contribution in [2.75, 3.05) is 26.4 Å². The van der Waals surface area contributed by atoms with E-state index in [2.05, 4.69) is 36.7 Å². The highest BCUT2D eigenvalue weighted by molar-refractivity contribution is 5.77. The summed E-state index contributed by atoms with van der Waals surface area (Å²) in [6.45, 7) is 14.3. The molecule has 0 aliphatic carbocycles. The molecule has 0 atom stereocenters. The first-order valence-electron chi connectivity index (χ1n) is 6.45. The minimum atomic E-state index is -0.0949. The average Bonchev–Trinajstić information content (AvgIpc) is 2.13. The lowest BCUT2D eigenvalue weighted by atomic mass is 10.1. The molecule has 18 heavy (non-hydrogen) atoms. The minimum Gasteiger partial charge on any atom is -0.370 e. The van der Waals surface area contributed by atoms with Gasteiger partial charge in [0.05, 0.1) is 13.3 Å². The lowest BCUT2D eigenvalue weighted by Crippen LogP contribution is -2.45. The largest absolute Gasteiger partial charge is 0.370 e. The highest BCUT2D eigenvalue weighted by Crippen LogP contribution is 1.97. The van der Waals surface area contributed by atoms with Crippen LogP contribution in [0.15, 0.2) is 0 Å². The van der Waals surface area contributed by atoms with Crippen LogP contribution in [0.4, 0.5) is 0 Å². The van der Waals surface area contributed by atoms with Gasteiger partial charge in [-0.3, -0.25) is 10.1 Å². The molecule has 0 rings (SSSR count). The van der Waals surface area contributed by atoms with Crippen LogP contribution in [0.2, 0.25) is 0 Å². The van der Waals surface area contributed by atoms with Crippen molar-refractivity contribution in [3.05, 3.63) is 0 Å². The number of amides is 1. The highest BCUT2D eigenvalue weighted by atomic mass is 16.5. The van der Waals surface area contributed by atoms with E-state index in [1.807, 2.05) is 20.8 Å². The van der Waals surface area contributed by atoms with Crippen LogP contribution in [0.1, 0.15) is 41.5 Å². The molecular formula is C13H29N3O2. The number of nitrogens with one attached hydrogen (secondary N) is 3. The van der Waals surface area contributed by atoms with E-state index in [0.29, 0.717) is 13.3 Å². The summed E-state index contributed by atoms with van der Waals surface area (Å²) >= 11 is 0. The number of hydrogen-bond donors (Lipinski definition) is 3. The number of carbonyl (C=O) groups excluding carboxylic acids is 1. The molecule has 0 aromatic carbocycles. The molecule has 0 bridgehead atoms. The van der Waals surface area contributed by atoms with Crippen LogP contribution in [-0.2, 0) is 9.53 Å². The minimum absolute atomic E-state index is 0.00473. The first-order valence-corrected chi connectivity index (χ1v) is 6.45. The summed E-state index contributed by atoms with van der Waals surface area (Å²) in [4.78, 5) is 11.4. The number of hydrogen-bond acceptors (Lipinski definition) is 4. The third kappa shape index (κ3) is 13.4. The molecule has 5 heteroatoms. The summed E-state index contributed by atoms with van der Waals surface area (Å²) in [6, 6.07) is 0.